The van der Waals surface area contributed by atoms with E-state index in [0.29, 0.717) is 6.61 Å². The molecule has 0 bridgehead atoms. The van der Waals surface area contributed by atoms with Crippen LogP contribution in [0, 0.1) is 0 Å². The third-order valence-corrected chi connectivity index (χ3v) is 2.93. The first-order valence-electron chi connectivity index (χ1n) is 4.71. The fourth-order valence-electron chi connectivity index (χ4n) is 2.09. The van der Waals surface area contributed by atoms with Crippen LogP contribution in [-0.4, -0.2) is 12.4 Å². The topological polar surface area (TPSA) is 29.6 Å². The van der Waals surface area contributed by atoms with Gasteiger partial charge in [-0.2, -0.15) is 0 Å². The van der Waals surface area contributed by atoms with Crippen LogP contribution in [0.1, 0.15) is 18.1 Å². The quantitative estimate of drug-likeness (QED) is 0.579. The number of ether oxygens (including phenoxy) is 1. The van der Waals surface area contributed by atoms with Gasteiger partial charge in [0, 0.05) is 5.56 Å². The number of hydrogen-bond acceptors (Lipinski definition) is 2. The van der Waals surface area contributed by atoms with E-state index in [1.165, 1.54) is 0 Å². The Balaban J connectivity index is 2.29. The number of rotatable bonds is 0. The van der Waals surface area contributed by atoms with Crippen LogP contribution in [0.3, 0.4) is 0 Å². The summed E-state index contributed by atoms with van der Waals surface area (Å²) in [5.41, 5.74) is 2.31. The molecule has 70 valence electrons. The molecule has 1 atom stereocenters. The van der Waals surface area contributed by atoms with E-state index in [1.807, 2.05) is 37.3 Å². The van der Waals surface area contributed by atoms with Crippen LogP contribution in [-0.2, 0) is 15.1 Å². The summed E-state index contributed by atoms with van der Waals surface area (Å²) in [7, 11) is 0. The molecule has 1 aromatic carbocycles. The SMILES string of the molecule is CC1=Cc2ccccc2C2(CO2)C1=O. The molecule has 0 saturated carbocycles. The molecular weight excluding hydrogens is 176 g/mol. The first-order valence-corrected chi connectivity index (χ1v) is 4.71. The van der Waals surface area contributed by atoms with E-state index in [1.54, 1.807) is 0 Å². The maximum Gasteiger partial charge on any atom is 0.197 e. The molecule has 1 fully saturated rings. The van der Waals surface area contributed by atoms with Crippen molar-refractivity contribution in [3.63, 3.8) is 0 Å². The third kappa shape index (κ3) is 0.814. The smallest absolute Gasteiger partial charge is 0.197 e. The standard InChI is InChI=1S/C12H10O2/c1-8-6-9-4-2-3-5-10(9)12(7-14-12)11(8)13/h2-6H,7H2,1H3. The Morgan fingerprint density at radius 1 is 1.36 bits per heavy atom. The van der Waals surface area contributed by atoms with E-state index in [0.717, 1.165) is 16.7 Å². The van der Waals surface area contributed by atoms with Crippen LogP contribution < -0.4 is 0 Å². The van der Waals surface area contributed by atoms with Crippen molar-refractivity contribution >= 4 is 11.9 Å². The van der Waals surface area contributed by atoms with Gasteiger partial charge in [-0.1, -0.05) is 24.3 Å². The number of fused-ring (bicyclic) bond motifs is 2. The van der Waals surface area contributed by atoms with Gasteiger partial charge in [0.15, 0.2) is 11.4 Å². The van der Waals surface area contributed by atoms with Gasteiger partial charge in [-0.25, -0.2) is 0 Å². The van der Waals surface area contributed by atoms with Crippen LogP contribution in [0.15, 0.2) is 29.8 Å². The number of epoxide rings is 1. The second-order valence-corrected chi connectivity index (χ2v) is 3.86. The van der Waals surface area contributed by atoms with Gasteiger partial charge in [0.25, 0.3) is 0 Å². The van der Waals surface area contributed by atoms with Crippen LogP contribution in [0.2, 0.25) is 0 Å². The van der Waals surface area contributed by atoms with Crippen molar-refractivity contribution in [2.45, 2.75) is 12.5 Å². The molecule has 2 nitrogen and oxygen atoms in total. The van der Waals surface area contributed by atoms with Crippen LogP contribution in [0.25, 0.3) is 6.08 Å². The minimum atomic E-state index is -0.616. The highest BCUT2D eigenvalue weighted by molar-refractivity contribution is 6.09. The zero-order chi connectivity index (χ0) is 9.76. The van der Waals surface area contributed by atoms with E-state index in [9.17, 15) is 4.79 Å². The van der Waals surface area contributed by atoms with E-state index in [2.05, 4.69) is 0 Å². The van der Waals surface area contributed by atoms with Gasteiger partial charge in [-0.3, -0.25) is 4.79 Å². The molecule has 1 aromatic rings. The van der Waals surface area contributed by atoms with Gasteiger partial charge in [-0.15, -0.1) is 0 Å². The fraction of sp³-hybridized carbons (Fsp3) is 0.250. The molecule has 14 heavy (non-hydrogen) atoms. The number of carbonyl (C=O) groups is 1. The molecule has 1 aliphatic heterocycles. The zero-order valence-corrected chi connectivity index (χ0v) is 7.91. The normalized spacial score (nSPS) is 28.6. The molecular formula is C12H10O2. The summed E-state index contributed by atoms with van der Waals surface area (Å²) in [6.07, 6.45) is 1.94. The largest absolute Gasteiger partial charge is 0.356 e. The summed E-state index contributed by atoms with van der Waals surface area (Å²) < 4.78 is 5.36. The molecule has 1 unspecified atom stereocenters. The average Bonchev–Trinajstić information content (AvgIpc) is 2.97. The zero-order valence-electron chi connectivity index (χ0n) is 7.91. The second kappa shape index (κ2) is 2.34. The van der Waals surface area contributed by atoms with Crippen molar-refractivity contribution in [2.24, 2.45) is 0 Å². The van der Waals surface area contributed by atoms with Gasteiger partial charge < -0.3 is 4.74 Å². The Kier molecular flexibility index (Phi) is 1.33. The second-order valence-electron chi connectivity index (χ2n) is 3.86. The molecule has 3 rings (SSSR count). The Hall–Kier alpha value is -1.41. The summed E-state index contributed by atoms with van der Waals surface area (Å²) in [6.45, 7) is 2.38. The number of carbonyl (C=O) groups excluding carboxylic acids is 1. The van der Waals surface area contributed by atoms with Crippen molar-refractivity contribution < 1.29 is 9.53 Å². The Morgan fingerprint density at radius 2 is 2.07 bits per heavy atom. The number of hydrogen-bond donors (Lipinski definition) is 0. The molecule has 0 radical (unpaired) electrons. The average molecular weight is 186 g/mol. The summed E-state index contributed by atoms with van der Waals surface area (Å²) in [5.74, 6) is 0.121. The van der Waals surface area contributed by atoms with E-state index in [-0.39, 0.29) is 5.78 Å². The van der Waals surface area contributed by atoms with Crippen molar-refractivity contribution in [3.05, 3.63) is 41.0 Å². The highest BCUT2D eigenvalue weighted by Gasteiger charge is 2.55. The molecule has 0 amide bonds. The molecule has 1 saturated heterocycles. The number of benzene rings is 1. The monoisotopic (exact) mass is 186 g/mol. The predicted octanol–water partition coefficient (Wildman–Crippen LogP) is 1.90. The Labute approximate surface area is 82.2 Å². The molecule has 1 heterocycles. The van der Waals surface area contributed by atoms with Crippen molar-refractivity contribution in [1.29, 1.82) is 0 Å². The molecule has 1 spiro atoms. The van der Waals surface area contributed by atoms with E-state index < -0.39 is 5.60 Å². The van der Waals surface area contributed by atoms with Gasteiger partial charge in [0.2, 0.25) is 0 Å². The van der Waals surface area contributed by atoms with Crippen LogP contribution in [0.4, 0.5) is 0 Å². The van der Waals surface area contributed by atoms with E-state index >= 15 is 0 Å². The van der Waals surface area contributed by atoms with Gasteiger partial charge in [-0.05, 0) is 24.1 Å². The highest BCUT2D eigenvalue weighted by Crippen LogP contribution is 2.46. The maximum absolute atomic E-state index is 11.9. The molecule has 2 heteroatoms. The lowest BCUT2D eigenvalue weighted by atomic mass is 9.83. The van der Waals surface area contributed by atoms with Crippen molar-refractivity contribution in [2.75, 3.05) is 6.61 Å². The number of ketones is 1. The lowest BCUT2D eigenvalue weighted by Crippen LogP contribution is -2.26. The van der Waals surface area contributed by atoms with E-state index in [4.69, 9.17) is 4.74 Å². The molecule has 2 aliphatic rings. The van der Waals surface area contributed by atoms with Crippen molar-refractivity contribution in [1.82, 2.24) is 0 Å². The van der Waals surface area contributed by atoms with Crippen LogP contribution in [0.5, 0.6) is 0 Å². The van der Waals surface area contributed by atoms with Gasteiger partial charge >= 0.3 is 0 Å². The first-order chi connectivity index (χ1) is 6.74. The minimum Gasteiger partial charge on any atom is -0.356 e. The molecule has 0 N–H and O–H groups in total. The third-order valence-electron chi connectivity index (χ3n) is 2.93. The fourth-order valence-corrected chi connectivity index (χ4v) is 2.09. The van der Waals surface area contributed by atoms with Crippen molar-refractivity contribution in [3.8, 4) is 0 Å². The van der Waals surface area contributed by atoms with Gasteiger partial charge in [0.1, 0.15) is 0 Å². The summed E-state index contributed by atoms with van der Waals surface area (Å²) in [6, 6.07) is 7.93. The minimum absolute atomic E-state index is 0.121. The Morgan fingerprint density at radius 3 is 2.79 bits per heavy atom. The molecule has 0 aromatic heterocycles. The first kappa shape index (κ1) is 7.94. The predicted molar refractivity (Wildman–Crippen MR) is 52.7 cm³/mol. The Bertz CT molecular complexity index is 453. The van der Waals surface area contributed by atoms with Gasteiger partial charge in [0.05, 0.1) is 6.61 Å². The maximum atomic E-state index is 11.9. The highest BCUT2D eigenvalue weighted by atomic mass is 16.6. The van der Waals surface area contributed by atoms with Crippen LogP contribution >= 0.6 is 0 Å². The number of Topliss-reactive ketones (excluding diaryl/α,β-unsaturated/α-hetero) is 1. The summed E-state index contributed by atoms with van der Waals surface area (Å²) in [5, 5.41) is 0. The summed E-state index contributed by atoms with van der Waals surface area (Å²) >= 11 is 0. The molecule has 1 aliphatic carbocycles. The lowest BCUT2D eigenvalue weighted by Gasteiger charge is -2.19. The lowest BCUT2D eigenvalue weighted by molar-refractivity contribution is -0.120. The summed E-state index contributed by atoms with van der Waals surface area (Å²) in [4.78, 5) is 11.9.